The molecule has 0 saturated carbocycles. The number of rotatable bonds is 7. The second-order valence-electron chi connectivity index (χ2n) is 6.40. The Balaban J connectivity index is 1.43. The molecule has 10 heteroatoms. The average Bonchev–Trinajstić information content (AvgIpc) is 2.70. The highest BCUT2D eigenvalue weighted by Crippen LogP contribution is 2.13. The van der Waals surface area contributed by atoms with Crippen molar-refractivity contribution in [3.63, 3.8) is 0 Å². The fraction of sp³-hybridized carbons (Fsp3) is 0.389. The molecule has 1 aromatic heterocycles. The summed E-state index contributed by atoms with van der Waals surface area (Å²) in [5.41, 5.74) is 0.823. The fourth-order valence-electron chi connectivity index (χ4n) is 2.92. The van der Waals surface area contributed by atoms with E-state index >= 15 is 0 Å². The standard InChI is InChI=1S/C18H22ClN5O3S/c19-16-4-2-15(3-5-16)14-17(25)20-8-13-28(26,27)24-11-9-23(10-12-24)18-21-6-1-7-22-18/h1-7H,8-14H2,(H,20,25). The van der Waals surface area contributed by atoms with Crippen molar-refractivity contribution in [1.29, 1.82) is 0 Å². The molecule has 1 fully saturated rings. The number of carbonyl (C=O) groups excluding carboxylic acids is 1. The summed E-state index contributed by atoms with van der Waals surface area (Å²) in [7, 11) is -3.43. The van der Waals surface area contributed by atoms with Crippen LogP contribution in [0.15, 0.2) is 42.7 Å². The Morgan fingerprint density at radius 3 is 2.36 bits per heavy atom. The summed E-state index contributed by atoms with van der Waals surface area (Å²) >= 11 is 5.82. The van der Waals surface area contributed by atoms with Crippen LogP contribution >= 0.6 is 11.6 Å². The summed E-state index contributed by atoms with van der Waals surface area (Å²) in [4.78, 5) is 22.3. The van der Waals surface area contributed by atoms with E-state index in [9.17, 15) is 13.2 Å². The van der Waals surface area contributed by atoms with Crippen LogP contribution in [-0.2, 0) is 21.2 Å². The van der Waals surface area contributed by atoms with Crippen LogP contribution < -0.4 is 10.2 Å². The quantitative estimate of drug-likeness (QED) is 0.712. The van der Waals surface area contributed by atoms with E-state index in [1.54, 1.807) is 42.7 Å². The van der Waals surface area contributed by atoms with Crippen LogP contribution in [-0.4, -0.2) is 67.1 Å². The summed E-state index contributed by atoms with van der Waals surface area (Å²) in [5, 5.41) is 3.27. The maximum Gasteiger partial charge on any atom is 0.225 e. The van der Waals surface area contributed by atoms with Crippen LogP contribution in [0.2, 0.25) is 5.02 Å². The van der Waals surface area contributed by atoms with Crippen molar-refractivity contribution in [2.45, 2.75) is 6.42 Å². The average molecular weight is 424 g/mol. The maximum atomic E-state index is 12.5. The van der Waals surface area contributed by atoms with Gasteiger partial charge >= 0.3 is 0 Å². The number of aromatic nitrogens is 2. The topological polar surface area (TPSA) is 95.5 Å². The van der Waals surface area contributed by atoms with Gasteiger partial charge in [-0.1, -0.05) is 23.7 Å². The van der Waals surface area contributed by atoms with E-state index in [0.717, 1.165) is 5.56 Å². The molecule has 0 atom stereocenters. The van der Waals surface area contributed by atoms with Gasteiger partial charge in [-0.15, -0.1) is 0 Å². The Morgan fingerprint density at radius 2 is 1.71 bits per heavy atom. The van der Waals surface area contributed by atoms with E-state index in [0.29, 0.717) is 37.1 Å². The van der Waals surface area contributed by atoms with Gasteiger partial charge in [-0.2, -0.15) is 4.31 Å². The van der Waals surface area contributed by atoms with Gasteiger partial charge in [-0.05, 0) is 23.8 Å². The van der Waals surface area contributed by atoms with Gasteiger partial charge < -0.3 is 10.2 Å². The van der Waals surface area contributed by atoms with Crippen LogP contribution in [0.1, 0.15) is 5.56 Å². The van der Waals surface area contributed by atoms with Gasteiger partial charge in [-0.3, -0.25) is 4.79 Å². The number of hydrogen-bond acceptors (Lipinski definition) is 6. The molecule has 1 aliphatic heterocycles. The minimum absolute atomic E-state index is 0.0801. The molecule has 28 heavy (non-hydrogen) atoms. The first-order valence-electron chi connectivity index (χ1n) is 8.95. The maximum absolute atomic E-state index is 12.5. The molecule has 150 valence electrons. The molecule has 1 N–H and O–H groups in total. The molecule has 0 radical (unpaired) electrons. The van der Waals surface area contributed by atoms with Crippen molar-refractivity contribution in [3.05, 3.63) is 53.3 Å². The van der Waals surface area contributed by atoms with Crippen LogP contribution in [0.25, 0.3) is 0 Å². The Kier molecular flexibility index (Phi) is 6.82. The van der Waals surface area contributed by atoms with E-state index in [1.807, 2.05) is 4.90 Å². The van der Waals surface area contributed by atoms with Crippen molar-refractivity contribution < 1.29 is 13.2 Å². The molecule has 0 bridgehead atoms. The summed E-state index contributed by atoms with van der Waals surface area (Å²) in [6.45, 7) is 1.90. The van der Waals surface area contributed by atoms with Crippen LogP contribution in [0.5, 0.6) is 0 Å². The molecule has 1 amide bonds. The second-order valence-corrected chi connectivity index (χ2v) is 8.93. The normalized spacial score (nSPS) is 15.4. The number of halogens is 1. The van der Waals surface area contributed by atoms with E-state index in [1.165, 1.54) is 4.31 Å². The molecule has 0 aliphatic carbocycles. The minimum Gasteiger partial charge on any atom is -0.355 e. The lowest BCUT2D eigenvalue weighted by molar-refractivity contribution is -0.120. The van der Waals surface area contributed by atoms with Crippen molar-refractivity contribution in [2.75, 3.05) is 43.4 Å². The third-order valence-electron chi connectivity index (χ3n) is 4.43. The van der Waals surface area contributed by atoms with E-state index in [-0.39, 0.29) is 24.6 Å². The smallest absolute Gasteiger partial charge is 0.225 e. The molecule has 2 aromatic rings. The first kappa shape index (κ1) is 20.5. The summed E-state index contributed by atoms with van der Waals surface area (Å²) < 4.78 is 26.5. The molecule has 8 nitrogen and oxygen atoms in total. The van der Waals surface area contributed by atoms with Crippen LogP contribution in [0.4, 0.5) is 5.95 Å². The zero-order chi connectivity index (χ0) is 20.0. The zero-order valence-electron chi connectivity index (χ0n) is 15.3. The number of anilines is 1. The molecule has 1 aromatic carbocycles. The predicted molar refractivity (Wildman–Crippen MR) is 108 cm³/mol. The number of nitrogens with zero attached hydrogens (tertiary/aromatic N) is 4. The van der Waals surface area contributed by atoms with Crippen molar-refractivity contribution >= 4 is 33.5 Å². The van der Waals surface area contributed by atoms with Gasteiger partial charge in [-0.25, -0.2) is 18.4 Å². The largest absolute Gasteiger partial charge is 0.355 e. The lowest BCUT2D eigenvalue weighted by Gasteiger charge is -2.33. The Hall–Kier alpha value is -2.23. The highest BCUT2D eigenvalue weighted by atomic mass is 35.5. The summed E-state index contributed by atoms with van der Waals surface area (Å²) in [6.07, 6.45) is 3.52. The number of piperazine rings is 1. The highest BCUT2D eigenvalue weighted by molar-refractivity contribution is 7.89. The number of hydrogen-bond donors (Lipinski definition) is 1. The molecule has 3 rings (SSSR count). The first-order valence-corrected chi connectivity index (χ1v) is 10.9. The van der Waals surface area contributed by atoms with Crippen LogP contribution in [0, 0.1) is 0 Å². The van der Waals surface area contributed by atoms with Crippen LogP contribution in [0.3, 0.4) is 0 Å². The number of sulfonamides is 1. The van der Waals surface area contributed by atoms with Gasteiger partial charge in [0.2, 0.25) is 21.9 Å². The van der Waals surface area contributed by atoms with Gasteiger partial charge in [0.25, 0.3) is 0 Å². The lowest BCUT2D eigenvalue weighted by atomic mass is 10.1. The minimum atomic E-state index is -3.43. The van der Waals surface area contributed by atoms with E-state index in [4.69, 9.17) is 11.6 Å². The Bertz CT molecular complexity index is 885. The molecule has 2 heterocycles. The number of nitrogens with one attached hydrogen (secondary N) is 1. The van der Waals surface area contributed by atoms with E-state index < -0.39 is 10.0 Å². The number of carbonyl (C=O) groups is 1. The van der Waals surface area contributed by atoms with Gasteiger partial charge in [0.05, 0.1) is 12.2 Å². The monoisotopic (exact) mass is 423 g/mol. The molecule has 0 unspecified atom stereocenters. The molecule has 0 spiro atoms. The Morgan fingerprint density at radius 1 is 1.07 bits per heavy atom. The molecule has 1 aliphatic rings. The SMILES string of the molecule is O=C(Cc1ccc(Cl)cc1)NCCS(=O)(=O)N1CCN(c2ncccn2)CC1. The van der Waals surface area contributed by atoms with E-state index in [2.05, 4.69) is 15.3 Å². The second kappa shape index (κ2) is 9.31. The first-order chi connectivity index (χ1) is 13.4. The Labute approximate surface area is 169 Å². The van der Waals surface area contributed by atoms with Gasteiger partial charge in [0.1, 0.15) is 0 Å². The molecule has 1 saturated heterocycles. The summed E-state index contributed by atoms with van der Waals surface area (Å²) in [6, 6.07) is 8.72. The van der Waals surface area contributed by atoms with Crippen molar-refractivity contribution in [3.8, 4) is 0 Å². The highest BCUT2D eigenvalue weighted by Gasteiger charge is 2.27. The summed E-state index contributed by atoms with van der Waals surface area (Å²) in [5.74, 6) is 0.263. The molecular formula is C18H22ClN5O3S. The number of amides is 1. The van der Waals surface area contributed by atoms with Gasteiger partial charge in [0.15, 0.2) is 0 Å². The molecular weight excluding hydrogens is 402 g/mol. The lowest BCUT2D eigenvalue weighted by Crippen LogP contribution is -2.50. The third kappa shape index (κ3) is 5.63. The number of benzene rings is 1. The predicted octanol–water partition coefficient (Wildman–Crippen LogP) is 0.941. The van der Waals surface area contributed by atoms with Crippen molar-refractivity contribution in [1.82, 2.24) is 19.6 Å². The van der Waals surface area contributed by atoms with Crippen molar-refractivity contribution in [2.24, 2.45) is 0 Å². The zero-order valence-corrected chi connectivity index (χ0v) is 16.9. The third-order valence-corrected chi connectivity index (χ3v) is 6.55. The van der Waals surface area contributed by atoms with Gasteiger partial charge in [0, 0.05) is 50.1 Å². The fourth-order valence-corrected chi connectivity index (χ4v) is 4.38.